The van der Waals surface area contributed by atoms with Gasteiger partial charge in [-0.05, 0) is 43.4 Å². The summed E-state index contributed by atoms with van der Waals surface area (Å²) in [7, 11) is 1.55. The summed E-state index contributed by atoms with van der Waals surface area (Å²) in [6.07, 6.45) is 8.61. The lowest BCUT2D eigenvalue weighted by Gasteiger charge is -2.42. The summed E-state index contributed by atoms with van der Waals surface area (Å²) < 4.78 is 5.35. The van der Waals surface area contributed by atoms with Gasteiger partial charge in [-0.15, -0.1) is 12.3 Å². The van der Waals surface area contributed by atoms with Crippen molar-refractivity contribution in [3.63, 3.8) is 0 Å². The van der Waals surface area contributed by atoms with E-state index in [-0.39, 0.29) is 35.8 Å². The predicted octanol–water partition coefficient (Wildman–Crippen LogP) is 3.59. The number of nitrogens with zero attached hydrogens (tertiary/aromatic N) is 2. The zero-order valence-electron chi connectivity index (χ0n) is 20.0. The van der Waals surface area contributed by atoms with E-state index >= 15 is 0 Å². The number of methoxy groups -OCH3 is 1. The highest BCUT2D eigenvalue weighted by molar-refractivity contribution is 6.02. The number of urea groups is 1. The SMILES string of the molecule is C#CCCN1CC(=O)N(C2CCC(CNC(=O)c3ccccc3OC)(c3ccccc3)CC2)C1=O. The lowest BCUT2D eigenvalue weighted by molar-refractivity contribution is -0.127. The van der Waals surface area contributed by atoms with Gasteiger partial charge in [0.2, 0.25) is 0 Å². The highest BCUT2D eigenvalue weighted by atomic mass is 16.5. The first-order valence-electron chi connectivity index (χ1n) is 12.0. The topological polar surface area (TPSA) is 79.0 Å². The number of nitrogens with one attached hydrogen (secondary N) is 1. The number of imide groups is 1. The second kappa shape index (κ2) is 10.6. The van der Waals surface area contributed by atoms with Crippen molar-refractivity contribution in [3.05, 3.63) is 65.7 Å². The van der Waals surface area contributed by atoms with Gasteiger partial charge in [0, 0.05) is 31.0 Å². The fourth-order valence-electron chi connectivity index (χ4n) is 5.25. The molecule has 4 rings (SSSR count). The number of para-hydroxylation sites is 1. The molecule has 2 aromatic rings. The molecule has 1 saturated heterocycles. The number of terminal acetylenes is 1. The summed E-state index contributed by atoms with van der Waals surface area (Å²) >= 11 is 0. The molecule has 1 heterocycles. The van der Waals surface area contributed by atoms with Crippen molar-refractivity contribution in [2.45, 2.75) is 43.6 Å². The normalized spacial score (nSPS) is 22.1. The Bertz CT molecular complexity index is 1120. The van der Waals surface area contributed by atoms with E-state index in [9.17, 15) is 14.4 Å². The van der Waals surface area contributed by atoms with Crippen LogP contribution in [0.25, 0.3) is 0 Å². The number of rotatable bonds is 8. The maximum Gasteiger partial charge on any atom is 0.327 e. The summed E-state index contributed by atoms with van der Waals surface area (Å²) in [4.78, 5) is 41.5. The second-order valence-corrected chi connectivity index (χ2v) is 9.18. The molecule has 2 fully saturated rings. The van der Waals surface area contributed by atoms with Gasteiger partial charge in [0.05, 0.1) is 12.7 Å². The first-order valence-corrected chi connectivity index (χ1v) is 12.0. The van der Waals surface area contributed by atoms with Crippen molar-refractivity contribution < 1.29 is 19.1 Å². The van der Waals surface area contributed by atoms with Crippen molar-refractivity contribution in [1.29, 1.82) is 0 Å². The van der Waals surface area contributed by atoms with Crippen molar-refractivity contribution >= 4 is 17.8 Å². The lowest BCUT2D eigenvalue weighted by atomic mass is 9.68. The van der Waals surface area contributed by atoms with Crippen molar-refractivity contribution in [2.24, 2.45) is 0 Å². The maximum absolute atomic E-state index is 13.0. The third-order valence-corrected chi connectivity index (χ3v) is 7.20. The van der Waals surface area contributed by atoms with Crippen molar-refractivity contribution in [2.75, 3.05) is 26.7 Å². The van der Waals surface area contributed by atoms with Gasteiger partial charge < -0.3 is 15.0 Å². The molecular formula is C28H31N3O4. The van der Waals surface area contributed by atoms with Crippen molar-refractivity contribution in [3.8, 4) is 18.1 Å². The largest absolute Gasteiger partial charge is 0.496 e. The van der Waals surface area contributed by atoms with Crippen LogP contribution in [0, 0.1) is 12.3 Å². The third kappa shape index (κ3) is 5.02. The minimum Gasteiger partial charge on any atom is -0.496 e. The quantitative estimate of drug-likeness (QED) is 0.469. The number of ether oxygens (including phenoxy) is 1. The van der Waals surface area contributed by atoms with Gasteiger partial charge in [0.25, 0.3) is 11.8 Å². The van der Waals surface area contributed by atoms with E-state index in [1.165, 1.54) is 9.80 Å². The number of amides is 4. The summed E-state index contributed by atoms with van der Waals surface area (Å²) in [6.45, 7) is 0.944. The van der Waals surface area contributed by atoms with E-state index in [4.69, 9.17) is 11.2 Å². The Hall–Kier alpha value is -3.79. The molecule has 1 aliphatic heterocycles. The van der Waals surface area contributed by atoms with Crippen LogP contribution in [0.15, 0.2) is 54.6 Å². The Morgan fingerprint density at radius 3 is 2.49 bits per heavy atom. The molecule has 0 radical (unpaired) electrons. The van der Waals surface area contributed by atoms with Crippen LogP contribution in [0.2, 0.25) is 0 Å². The molecule has 4 amide bonds. The smallest absolute Gasteiger partial charge is 0.327 e. The lowest BCUT2D eigenvalue weighted by Crippen LogP contribution is -2.49. The van der Waals surface area contributed by atoms with Gasteiger partial charge >= 0.3 is 6.03 Å². The van der Waals surface area contributed by atoms with Gasteiger partial charge in [-0.1, -0.05) is 42.5 Å². The van der Waals surface area contributed by atoms with Crippen LogP contribution in [0.3, 0.4) is 0 Å². The molecular weight excluding hydrogens is 442 g/mol. The van der Waals surface area contributed by atoms with Gasteiger partial charge in [-0.2, -0.15) is 0 Å². The fourth-order valence-corrected chi connectivity index (χ4v) is 5.25. The molecule has 2 aromatic carbocycles. The first-order chi connectivity index (χ1) is 17.0. The average Bonchev–Trinajstić information content (AvgIpc) is 3.19. The zero-order chi connectivity index (χ0) is 24.8. The molecule has 2 aliphatic rings. The molecule has 1 N–H and O–H groups in total. The van der Waals surface area contributed by atoms with Gasteiger partial charge in [0.15, 0.2) is 0 Å². The predicted molar refractivity (Wildman–Crippen MR) is 133 cm³/mol. The Morgan fingerprint density at radius 1 is 1.11 bits per heavy atom. The highest BCUT2D eigenvalue weighted by Crippen LogP contribution is 2.41. The molecule has 0 aromatic heterocycles. The number of benzene rings is 2. The number of carbonyl (C=O) groups excluding carboxylic acids is 3. The van der Waals surface area contributed by atoms with E-state index in [0.29, 0.717) is 43.7 Å². The van der Waals surface area contributed by atoms with Crippen LogP contribution in [0.1, 0.15) is 48.0 Å². The summed E-state index contributed by atoms with van der Waals surface area (Å²) in [5.41, 5.74) is 1.35. The van der Waals surface area contributed by atoms with E-state index in [1.54, 1.807) is 19.2 Å². The van der Waals surface area contributed by atoms with Crippen LogP contribution in [-0.4, -0.2) is 60.4 Å². The van der Waals surface area contributed by atoms with Crippen LogP contribution in [0.4, 0.5) is 4.79 Å². The summed E-state index contributed by atoms with van der Waals surface area (Å²) in [6, 6.07) is 16.9. The van der Waals surface area contributed by atoms with Crippen LogP contribution in [-0.2, 0) is 10.2 Å². The molecule has 1 aliphatic carbocycles. The van der Waals surface area contributed by atoms with E-state index in [2.05, 4.69) is 23.4 Å². The molecule has 7 nitrogen and oxygen atoms in total. The standard InChI is InChI=1S/C28H31N3O4/c1-3-4-18-30-19-25(32)31(27(30)34)22-14-16-28(17-15-22,21-10-6-5-7-11-21)20-29-26(33)23-12-8-9-13-24(23)35-2/h1,5-13,22H,4,14-20H2,2H3,(H,29,33). The Morgan fingerprint density at radius 2 is 1.80 bits per heavy atom. The molecule has 1 saturated carbocycles. The van der Waals surface area contributed by atoms with Crippen molar-refractivity contribution in [1.82, 2.24) is 15.1 Å². The van der Waals surface area contributed by atoms with Gasteiger partial charge in [0.1, 0.15) is 12.3 Å². The number of hydrogen-bond acceptors (Lipinski definition) is 4. The molecule has 182 valence electrons. The molecule has 0 spiro atoms. The van der Waals surface area contributed by atoms with Crippen LogP contribution in [0.5, 0.6) is 5.75 Å². The minimum atomic E-state index is -0.287. The molecule has 7 heteroatoms. The van der Waals surface area contributed by atoms with Crippen LogP contribution < -0.4 is 10.1 Å². The Kier molecular flexibility index (Phi) is 7.40. The monoisotopic (exact) mass is 473 g/mol. The van der Waals surface area contributed by atoms with Gasteiger partial charge in [-0.3, -0.25) is 14.5 Å². The third-order valence-electron chi connectivity index (χ3n) is 7.20. The fraction of sp³-hybridized carbons (Fsp3) is 0.393. The maximum atomic E-state index is 13.0. The number of hydrogen-bond donors (Lipinski definition) is 1. The Labute approximate surface area is 206 Å². The first kappa shape index (κ1) is 24.3. The molecule has 0 atom stereocenters. The van der Waals surface area contributed by atoms with Crippen LogP contribution >= 0.6 is 0 Å². The Balaban J connectivity index is 1.48. The van der Waals surface area contributed by atoms with E-state index in [0.717, 1.165) is 18.4 Å². The number of carbonyl (C=O) groups is 3. The highest BCUT2D eigenvalue weighted by Gasteiger charge is 2.45. The summed E-state index contributed by atoms with van der Waals surface area (Å²) in [5, 5.41) is 3.12. The van der Waals surface area contributed by atoms with Gasteiger partial charge in [-0.25, -0.2) is 4.79 Å². The molecule has 0 bridgehead atoms. The summed E-state index contributed by atoms with van der Waals surface area (Å²) in [5.74, 6) is 2.72. The second-order valence-electron chi connectivity index (χ2n) is 9.18. The molecule has 35 heavy (non-hydrogen) atoms. The van der Waals surface area contributed by atoms with E-state index < -0.39 is 0 Å². The van der Waals surface area contributed by atoms with E-state index in [1.807, 2.05) is 30.3 Å². The molecule has 0 unspecified atom stereocenters. The minimum absolute atomic E-state index is 0.0931. The zero-order valence-corrected chi connectivity index (χ0v) is 20.0. The average molecular weight is 474 g/mol.